The van der Waals surface area contributed by atoms with Gasteiger partial charge in [-0.2, -0.15) is 0 Å². The van der Waals surface area contributed by atoms with Gasteiger partial charge < -0.3 is 4.90 Å². The Morgan fingerprint density at radius 1 is 0.333 bits per heavy atom. The summed E-state index contributed by atoms with van der Waals surface area (Å²) in [7, 11) is 0. The molecule has 2 heteroatoms. The van der Waals surface area contributed by atoms with Crippen LogP contribution in [0.2, 0.25) is 0 Å². The first-order chi connectivity index (χ1) is 20.8. The lowest BCUT2D eigenvalue weighted by atomic mass is 10.0. The zero-order valence-corrected chi connectivity index (χ0v) is 23.8. The number of anilines is 3. The van der Waals surface area contributed by atoms with E-state index in [1.54, 1.807) is 0 Å². The van der Waals surface area contributed by atoms with Crippen molar-refractivity contribution >= 4 is 59.3 Å². The molecule has 0 unspecified atom stereocenters. The molecule has 1 aromatic heterocycles. The van der Waals surface area contributed by atoms with E-state index >= 15 is 0 Å². The van der Waals surface area contributed by atoms with Gasteiger partial charge in [-0.25, -0.2) is 0 Å². The second-order valence-corrected chi connectivity index (χ2v) is 11.7. The Hall–Kier alpha value is -5.18. The molecule has 0 spiro atoms. The summed E-state index contributed by atoms with van der Waals surface area (Å²) >= 11 is 1.87. The first kappa shape index (κ1) is 24.6. The van der Waals surface area contributed by atoms with E-state index in [9.17, 15) is 0 Å². The second-order valence-electron chi connectivity index (χ2n) is 10.6. The third kappa shape index (κ3) is 4.43. The SMILES string of the molecule is c1ccc(-c2ccc(N(c3cccc(-c4ccccc4)c3)c3ccc4cc5c(cc4c3)sc3ccccc35)cc2)cc1. The van der Waals surface area contributed by atoms with Gasteiger partial charge in [0, 0.05) is 37.2 Å². The highest BCUT2D eigenvalue weighted by atomic mass is 32.1. The largest absolute Gasteiger partial charge is 0.310 e. The highest BCUT2D eigenvalue weighted by molar-refractivity contribution is 7.25. The van der Waals surface area contributed by atoms with Crippen molar-refractivity contribution in [2.24, 2.45) is 0 Å². The zero-order valence-electron chi connectivity index (χ0n) is 22.9. The molecule has 0 radical (unpaired) electrons. The van der Waals surface area contributed by atoms with Gasteiger partial charge in [0.2, 0.25) is 0 Å². The molecule has 8 rings (SSSR count). The Labute approximate surface area is 249 Å². The van der Waals surface area contributed by atoms with E-state index in [1.807, 2.05) is 11.3 Å². The van der Waals surface area contributed by atoms with Gasteiger partial charge in [0.1, 0.15) is 0 Å². The molecular weight excluding hydrogens is 527 g/mol. The number of nitrogens with zero attached hydrogens (tertiary/aromatic N) is 1. The van der Waals surface area contributed by atoms with Gasteiger partial charge in [0.25, 0.3) is 0 Å². The third-order valence-corrected chi connectivity index (χ3v) is 9.16. The van der Waals surface area contributed by atoms with Crippen LogP contribution >= 0.6 is 11.3 Å². The Morgan fingerprint density at radius 2 is 0.952 bits per heavy atom. The maximum atomic E-state index is 2.37. The Kier molecular flexibility index (Phi) is 6.05. The Morgan fingerprint density at radius 3 is 1.74 bits per heavy atom. The van der Waals surface area contributed by atoms with E-state index in [0.717, 1.165) is 17.1 Å². The van der Waals surface area contributed by atoms with Crippen LogP contribution < -0.4 is 4.90 Å². The van der Waals surface area contributed by atoms with Crippen molar-refractivity contribution in [2.75, 3.05) is 4.90 Å². The molecule has 0 bridgehead atoms. The second kappa shape index (κ2) is 10.3. The molecular formula is C40H27NS. The standard InChI is InChI=1S/C40H27NS/c1-3-10-28(11-4-1)30-18-21-34(22-19-30)41(35-15-9-14-31(24-35)29-12-5-2-6-13-29)36-23-20-32-26-38-37-16-7-8-17-39(37)42-40(38)27-33(32)25-36/h1-27H. The fourth-order valence-corrected chi connectivity index (χ4v) is 7.07. The fourth-order valence-electron chi connectivity index (χ4n) is 5.93. The smallest absolute Gasteiger partial charge is 0.0468 e. The predicted octanol–water partition coefficient (Wildman–Crippen LogP) is 12.0. The quantitative estimate of drug-likeness (QED) is 0.205. The van der Waals surface area contributed by atoms with Crippen LogP contribution in [0.3, 0.4) is 0 Å². The topological polar surface area (TPSA) is 3.24 Å². The summed E-state index contributed by atoms with van der Waals surface area (Å²) in [4.78, 5) is 2.37. The average molecular weight is 554 g/mol. The minimum absolute atomic E-state index is 1.13. The van der Waals surface area contributed by atoms with E-state index in [-0.39, 0.29) is 0 Å². The van der Waals surface area contributed by atoms with Crippen LogP contribution in [0.4, 0.5) is 17.1 Å². The zero-order chi connectivity index (χ0) is 27.9. The number of rotatable bonds is 5. The highest BCUT2D eigenvalue weighted by Crippen LogP contribution is 2.41. The number of fused-ring (bicyclic) bond motifs is 4. The van der Waals surface area contributed by atoms with Crippen molar-refractivity contribution in [3.8, 4) is 22.3 Å². The van der Waals surface area contributed by atoms with Crippen LogP contribution in [0, 0.1) is 0 Å². The van der Waals surface area contributed by atoms with Crippen LogP contribution in [0.15, 0.2) is 164 Å². The van der Waals surface area contributed by atoms with E-state index in [4.69, 9.17) is 0 Å². The maximum Gasteiger partial charge on any atom is 0.0468 e. The van der Waals surface area contributed by atoms with E-state index in [0.29, 0.717) is 0 Å². The van der Waals surface area contributed by atoms with Crippen LogP contribution in [0.1, 0.15) is 0 Å². The molecule has 0 N–H and O–H groups in total. The first-order valence-electron chi connectivity index (χ1n) is 14.3. The van der Waals surface area contributed by atoms with E-state index < -0.39 is 0 Å². The van der Waals surface area contributed by atoms with Crippen LogP contribution in [-0.2, 0) is 0 Å². The summed E-state index contributed by atoms with van der Waals surface area (Å²) < 4.78 is 2.66. The van der Waals surface area contributed by atoms with Gasteiger partial charge in [-0.1, -0.05) is 109 Å². The van der Waals surface area contributed by atoms with Crippen LogP contribution in [-0.4, -0.2) is 0 Å². The number of benzene rings is 7. The van der Waals surface area contributed by atoms with E-state index in [1.165, 1.54) is 53.2 Å². The fraction of sp³-hybridized carbons (Fsp3) is 0. The molecule has 0 aliphatic heterocycles. The molecule has 8 aromatic rings. The lowest BCUT2D eigenvalue weighted by molar-refractivity contribution is 1.29. The summed E-state index contributed by atoms with van der Waals surface area (Å²) in [6.07, 6.45) is 0. The van der Waals surface area contributed by atoms with Crippen molar-refractivity contribution in [3.63, 3.8) is 0 Å². The predicted molar refractivity (Wildman–Crippen MR) is 182 cm³/mol. The summed E-state index contributed by atoms with van der Waals surface area (Å²) in [6, 6.07) is 59.2. The molecule has 0 aliphatic carbocycles. The van der Waals surface area contributed by atoms with Crippen molar-refractivity contribution in [2.45, 2.75) is 0 Å². The first-order valence-corrected chi connectivity index (χ1v) is 15.1. The molecule has 198 valence electrons. The molecule has 1 nitrogen and oxygen atoms in total. The lowest BCUT2D eigenvalue weighted by Crippen LogP contribution is -2.10. The van der Waals surface area contributed by atoms with Gasteiger partial charge >= 0.3 is 0 Å². The summed E-state index contributed by atoms with van der Waals surface area (Å²) in [6.45, 7) is 0. The Balaban J connectivity index is 1.28. The van der Waals surface area contributed by atoms with Crippen LogP contribution in [0.5, 0.6) is 0 Å². The molecule has 0 saturated carbocycles. The Bertz CT molecular complexity index is 2180. The molecule has 0 aliphatic rings. The summed E-state index contributed by atoms with van der Waals surface area (Å²) in [5.41, 5.74) is 8.24. The minimum atomic E-state index is 1.13. The van der Waals surface area contributed by atoms with Gasteiger partial charge in [0.05, 0.1) is 0 Å². The number of hydrogen-bond donors (Lipinski definition) is 0. The van der Waals surface area contributed by atoms with Gasteiger partial charge in [-0.15, -0.1) is 11.3 Å². The van der Waals surface area contributed by atoms with Crippen molar-refractivity contribution in [1.29, 1.82) is 0 Å². The minimum Gasteiger partial charge on any atom is -0.310 e. The molecule has 7 aromatic carbocycles. The maximum absolute atomic E-state index is 2.37. The molecule has 1 heterocycles. The third-order valence-electron chi connectivity index (χ3n) is 8.02. The molecule has 0 fully saturated rings. The average Bonchev–Trinajstić information content (AvgIpc) is 3.42. The normalized spacial score (nSPS) is 11.3. The monoisotopic (exact) mass is 553 g/mol. The number of hydrogen-bond acceptors (Lipinski definition) is 2. The van der Waals surface area contributed by atoms with Crippen molar-refractivity contribution in [1.82, 2.24) is 0 Å². The molecule has 0 saturated heterocycles. The molecule has 0 atom stereocenters. The van der Waals surface area contributed by atoms with Crippen molar-refractivity contribution in [3.05, 3.63) is 164 Å². The van der Waals surface area contributed by atoms with Crippen molar-refractivity contribution < 1.29 is 0 Å². The van der Waals surface area contributed by atoms with Crippen LogP contribution in [0.25, 0.3) is 53.2 Å². The highest BCUT2D eigenvalue weighted by Gasteiger charge is 2.15. The summed E-state index contributed by atoms with van der Waals surface area (Å²) in [5, 5.41) is 5.17. The number of thiophene rings is 1. The van der Waals surface area contributed by atoms with E-state index in [2.05, 4.69) is 169 Å². The van der Waals surface area contributed by atoms with Gasteiger partial charge in [0.15, 0.2) is 0 Å². The van der Waals surface area contributed by atoms with Gasteiger partial charge in [-0.05, 0) is 87.6 Å². The lowest BCUT2D eigenvalue weighted by Gasteiger charge is -2.26. The molecule has 0 amide bonds. The summed E-state index contributed by atoms with van der Waals surface area (Å²) in [5.74, 6) is 0. The van der Waals surface area contributed by atoms with Gasteiger partial charge in [-0.3, -0.25) is 0 Å². The molecule has 42 heavy (non-hydrogen) atoms.